The average Bonchev–Trinajstić information content (AvgIpc) is 2.92. The molecule has 2 N–H and O–H groups in total. The molecule has 78 valence electrons. The molecule has 0 unspecified atom stereocenters. The van der Waals surface area contributed by atoms with Gasteiger partial charge >= 0.3 is 0 Å². The molecule has 1 fully saturated rings. The molecule has 0 aromatic carbocycles. The Balaban J connectivity index is 1.84. The lowest BCUT2D eigenvalue weighted by Gasteiger charge is -2.11. The molecule has 0 aromatic heterocycles. The fourth-order valence-electron chi connectivity index (χ4n) is 1.53. The van der Waals surface area contributed by atoms with Gasteiger partial charge in [0.1, 0.15) is 0 Å². The van der Waals surface area contributed by atoms with Crippen LogP contribution >= 0.6 is 0 Å². The van der Waals surface area contributed by atoms with E-state index in [1.54, 1.807) is 7.11 Å². The van der Waals surface area contributed by atoms with Gasteiger partial charge in [-0.25, -0.2) is 0 Å². The van der Waals surface area contributed by atoms with Gasteiger partial charge in [0.2, 0.25) is 0 Å². The largest absolute Gasteiger partial charge is 0.382 e. The molecule has 13 heavy (non-hydrogen) atoms. The third kappa shape index (κ3) is 4.07. The molecule has 1 aliphatic rings. The first kappa shape index (κ1) is 11.0. The molecular formula is C10H21NO2. The Morgan fingerprint density at radius 1 is 1.23 bits per heavy atom. The molecule has 0 aliphatic heterocycles. The maximum Gasteiger partial charge on any atom is 0.0700 e. The smallest absolute Gasteiger partial charge is 0.0700 e. The summed E-state index contributed by atoms with van der Waals surface area (Å²) in [4.78, 5) is 0. The lowest BCUT2D eigenvalue weighted by Crippen LogP contribution is -2.16. The second-order valence-electron chi connectivity index (χ2n) is 3.91. The van der Waals surface area contributed by atoms with Crippen molar-refractivity contribution < 1.29 is 9.47 Å². The zero-order valence-corrected chi connectivity index (χ0v) is 8.55. The molecule has 0 atom stereocenters. The van der Waals surface area contributed by atoms with Gasteiger partial charge in [0.05, 0.1) is 13.2 Å². The average molecular weight is 187 g/mol. The van der Waals surface area contributed by atoms with Gasteiger partial charge in [-0.05, 0) is 37.6 Å². The van der Waals surface area contributed by atoms with Crippen molar-refractivity contribution in [2.45, 2.75) is 25.7 Å². The Morgan fingerprint density at radius 2 is 2.00 bits per heavy atom. The highest BCUT2D eigenvalue weighted by atomic mass is 16.5. The number of nitrogens with two attached hydrogens (primary N) is 1. The van der Waals surface area contributed by atoms with Crippen LogP contribution < -0.4 is 5.73 Å². The van der Waals surface area contributed by atoms with Gasteiger partial charge in [0.15, 0.2) is 0 Å². The molecule has 0 radical (unpaired) electrons. The second-order valence-corrected chi connectivity index (χ2v) is 3.91. The molecule has 0 bridgehead atoms. The molecule has 0 saturated heterocycles. The monoisotopic (exact) mass is 187 g/mol. The van der Waals surface area contributed by atoms with Crippen molar-refractivity contribution in [1.82, 2.24) is 0 Å². The molecule has 0 spiro atoms. The normalized spacial score (nSPS) is 18.9. The molecule has 3 heteroatoms. The van der Waals surface area contributed by atoms with Crippen molar-refractivity contribution in [2.24, 2.45) is 11.1 Å². The fraction of sp³-hybridized carbons (Fsp3) is 1.00. The van der Waals surface area contributed by atoms with Gasteiger partial charge in [-0.1, -0.05) is 0 Å². The van der Waals surface area contributed by atoms with Crippen LogP contribution in [0, 0.1) is 5.41 Å². The topological polar surface area (TPSA) is 44.5 Å². The van der Waals surface area contributed by atoms with E-state index in [1.807, 2.05) is 0 Å². The Labute approximate surface area is 80.6 Å². The Kier molecular flexibility index (Phi) is 4.70. The molecule has 0 amide bonds. The molecule has 1 aliphatic carbocycles. The summed E-state index contributed by atoms with van der Waals surface area (Å²) >= 11 is 0. The van der Waals surface area contributed by atoms with E-state index in [1.165, 1.54) is 19.3 Å². The summed E-state index contributed by atoms with van der Waals surface area (Å²) in [5.74, 6) is 0. The predicted octanol–water partition coefficient (Wildman–Crippen LogP) is 1.17. The van der Waals surface area contributed by atoms with E-state index < -0.39 is 0 Å². The van der Waals surface area contributed by atoms with Crippen LogP contribution in [0.4, 0.5) is 0 Å². The van der Waals surface area contributed by atoms with Gasteiger partial charge < -0.3 is 15.2 Å². The lowest BCUT2D eigenvalue weighted by molar-refractivity contribution is 0.0668. The molecule has 1 rings (SSSR count). The van der Waals surface area contributed by atoms with E-state index in [2.05, 4.69) is 0 Å². The van der Waals surface area contributed by atoms with Crippen molar-refractivity contribution in [3.63, 3.8) is 0 Å². The second kappa shape index (κ2) is 5.58. The van der Waals surface area contributed by atoms with Gasteiger partial charge in [-0.2, -0.15) is 0 Å². The summed E-state index contributed by atoms with van der Waals surface area (Å²) in [6.07, 6.45) is 5.01. The first-order valence-electron chi connectivity index (χ1n) is 5.10. The SMILES string of the molecule is COCCOCCCC1(CN)CC1. The number of hydrogen-bond donors (Lipinski definition) is 1. The fourth-order valence-corrected chi connectivity index (χ4v) is 1.53. The van der Waals surface area contributed by atoms with Gasteiger partial charge in [-0.15, -0.1) is 0 Å². The van der Waals surface area contributed by atoms with Crippen LogP contribution in [-0.4, -0.2) is 33.5 Å². The molecule has 1 saturated carbocycles. The van der Waals surface area contributed by atoms with Gasteiger partial charge in [0, 0.05) is 13.7 Å². The Hall–Kier alpha value is -0.120. The van der Waals surface area contributed by atoms with E-state index in [4.69, 9.17) is 15.2 Å². The Bertz CT molecular complexity index is 135. The van der Waals surface area contributed by atoms with Crippen LogP contribution in [0.3, 0.4) is 0 Å². The lowest BCUT2D eigenvalue weighted by atomic mass is 10.0. The maximum absolute atomic E-state index is 5.67. The summed E-state index contributed by atoms with van der Waals surface area (Å²) in [7, 11) is 1.69. The van der Waals surface area contributed by atoms with Crippen LogP contribution in [0.1, 0.15) is 25.7 Å². The highest BCUT2D eigenvalue weighted by Gasteiger charge is 2.39. The third-order valence-electron chi connectivity index (χ3n) is 2.82. The minimum atomic E-state index is 0.505. The molecule has 3 nitrogen and oxygen atoms in total. The van der Waals surface area contributed by atoms with Crippen LogP contribution in [0.5, 0.6) is 0 Å². The highest BCUT2D eigenvalue weighted by molar-refractivity contribution is 4.93. The maximum atomic E-state index is 5.67. The number of ether oxygens (including phenoxy) is 2. The van der Waals surface area contributed by atoms with Crippen molar-refractivity contribution in [2.75, 3.05) is 33.5 Å². The van der Waals surface area contributed by atoms with Gasteiger partial charge in [-0.3, -0.25) is 0 Å². The summed E-state index contributed by atoms with van der Waals surface area (Å²) in [5.41, 5.74) is 6.17. The van der Waals surface area contributed by atoms with Crippen LogP contribution in [0.15, 0.2) is 0 Å². The minimum Gasteiger partial charge on any atom is -0.382 e. The summed E-state index contributed by atoms with van der Waals surface area (Å²) in [6.45, 7) is 3.12. The first-order chi connectivity index (χ1) is 6.33. The summed E-state index contributed by atoms with van der Waals surface area (Å²) < 4.78 is 10.3. The Morgan fingerprint density at radius 3 is 2.54 bits per heavy atom. The van der Waals surface area contributed by atoms with Crippen molar-refractivity contribution in [1.29, 1.82) is 0 Å². The van der Waals surface area contributed by atoms with Crippen molar-refractivity contribution in [3.05, 3.63) is 0 Å². The standard InChI is InChI=1S/C10H21NO2/c1-12-7-8-13-6-2-3-10(9-11)4-5-10/h2-9,11H2,1H3. The summed E-state index contributed by atoms with van der Waals surface area (Å²) in [6, 6.07) is 0. The molecule has 0 heterocycles. The molecule has 0 aromatic rings. The van der Waals surface area contributed by atoms with E-state index in [0.29, 0.717) is 18.6 Å². The number of methoxy groups -OCH3 is 1. The zero-order chi connectivity index (χ0) is 9.57. The minimum absolute atomic E-state index is 0.505. The quantitative estimate of drug-likeness (QED) is 0.580. The van der Waals surface area contributed by atoms with Crippen LogP contribution in [-0.2, 0) is 9.47 Å². The van der Waals surface area contributed by atoms with E-state index in [9.17, 15) is 0 Å². The predicted molar refractivity (Wildman–Crippen MR) is 52.7 cm³/mol. The van der Waals surface area contributed by atoms with E-state index in [-0.39, 0.29) is 0 Å². The third-order valence-corrected chi connectivity index (χ3v) is 2.82. The van der Waals surface area contributed by atoms with Gasteiger partial charge in [0.25, 0.3) is 0 Å². The van der Waals surface area contributed by atoms with Crippen LogP contribution in [0.25, 0.3) is 0 Å². The number of hydrogen-bond acceptors (Lipinski definition) is 3. The molecular weight excluding hydrogens is 166 g/mol. The van der Waals surface area contributed by atoms with Crippen molar-refractivity contribution >= 4 is 0 Å². The zero-order valence-electron chi connectivity index (χ0n) is 8.55. The van der Waals surface area contributed by atoms with E-state index >= 15 is 0 Å². The van der Waals surface area contributed by atoms with E-state index in [0.717, 1.165) is 19.6 Å². The van der Waals surface area contributed by atoms with Crippen LogP contribution in [0.2, 0.25) is 0 Å². The first-order valence-corrected chi connectivity index (χ1v) is 5.10. The summed E-state index contributed by atoms with van der Waals surface area (Å²) in [5, 5.41) is 0. The van der Waals surface area contributed by atoms with Crippen molar-refractivity contribution in [3.8, 4) is 0 Å². The highest BCUT2D eigenvalue weighted by Crippen LogP contribution is 2.48. The number of rotatable bonds is 8.